The predicted octanol–water partition coefficient (Wildman–Crippen LogP) is 5.22. The Morgan fingerprint density at radius 1 is 1.25 bits per heavy atom. The Morgan fingerprint density at radius 3 is 2.61 bits per heavy atom. The second-order valence-electron chi connectivity index (χ2n) is 7.38. The van der Waals surface area contributed by atoms with Crippen LogP contribution in [0.1, 0.15) is 44.7 Å². The van der Waals surface area contributed by atoms with Gasteiger partial charge in [0, 0.05) is 29.7 Å². The number of aromatic nitrogens is 3. The monoisotopic (exact) mass is 398 g/mol. The van der Waals surface area contributed by atoms with Crippen molar-refractivity contribution >= 4 is 22.7 Å². The second kappa shape index (κ2) is 10.9. The molecule has 3 aromatic rings. The van der Waals surface area contributed by atoms with Crippen LogP contribution in [-0.4, -0.2) is 31.0 Å². The van der Waals surface area contributed by atoms with Gasteiger partial charge in [0.05, 0.1) is 29.7 Å². The van der Waals surface area contributed by atoms with E-state index in [4.69, 9.17) is 4.99 Å². The van der Waals surface area contributed by atoms with Crippen LogP contribution in [0.2, 0.25) is 0 Å². The Balaban J connectivity index is 0.000000485. The van der Waals surface area contributed by atoms with Gasteiger partial charge in [0.2, 0.25) is 0 Å². The van der Waals surface area contributed by atoms with Gasteiger partial charge in [-0.1, -0.05) is 19.1 Å². The lowest BCUT2D eigenvalue weighted by Crippen LogP contribution is -2.19. The molecule has 6 heteroatoms. The van der Waals surface area contributed by atoms with Crippen molar-refractivity contribution in [1.82, 2.24) is 14.5 Å². The predicted molar refractivity (Wildman–Crippen MR) is 118 cm³/mol. The summed E-state index contributed by atoms with van der Waals surface area (Å²) in [6.07, 6.45) is 9.84. The molecule has 150 valence electrons. The summed E-state index contributed by atoms with van der Waals surface area (Å²) in [5.41, 5.74) is 5.70. The molecule has 0 saturated carbocycles. The quantitative estimate of drug-likeness (QED) is 0.555. The van der Waals surface area contributed by atoms with Gasteiger partial charge in [0.25, 0.3) is 0 Å². The summed E-state index contributed by atoms with van der Waals surface area (Å²) in [5.74, 6) is 0. The zero-order chi connectivity index (χ0) is 20.4. The van der Waals surface area contributed by atoms with Gasteiger partial charge in [0.15, 0.2) is 0 Å². The number of rotatable bonds is 7. The van der Waals surface area contributed by atoms with Gasteiger partial charge in [0.1, 0.15) is 0 Å². The van der Waals surface area contributed by atoms with Crippen LogP contribution in [0.15, 0.2) is 59.0 Å². The van der Waals surface area contributed by atoms with Gasteiger partial charge in [-0.15, -0.1) is 11.3 Å². The third-order valence-corrected chi connectivity index (χ3v) is 4.78. The number of aliphatic hydroxyl groups is 1. The average Bonchev–Trinajstić information content (AvgIpc) is 3.37. The summed E-state index contributed by atoms with van der Waals surface area (Å²) < 4.78 is 2.04. The molecule has 0 aliphatic heterocycles. The number of thiazole rings is 1. The van der Waals surface area contributed by atoms with Gasteiger partial charge in [-0.05, 0) is 57.2 Å². The zero-order valence-corrected chi connectivity index (χ0v) is 18.0. The Labute approximate surface area is 171 Å². The summed E-state index contributed by atoms with van der Waals surface area (Å²) in [4.78, 5) is 12.7. The van der Waals surface area contributed by atoms with E-state index in [1.54, 1.807) is 29.2 Å². The van der Waals surface area contributed by atoms with E-state index in [0.29, 0.717) is 0 Å². The highest BCUT2D eigenvalue weighted by atomic mass is 32.1. The van der Waals surface area contributed by atoms with Crippen LogP contribution in [0.25, 0.3) is 0 Å². The maximum atomic E-state index is 9.89. The molecule has 0 radical (unpaired) electrons. The van der Waals surface area contributed by atoms with E-state index in [1.165, 1.54) is 11.1 Å². The molecular formula is C22H30N4OS. The molecule has 0 fully saturated rings. The number of benzene rings is 1. The van der Waals surface area contributed by atoms with Crippen molar-refractivity contribution in [1.29, 1.82) is 0 Å². The van der Waals surface area contributed by atoms with E-state index in [2.05, 4.69) is 42.0 Å². The molecule has 28 heavy (non-hydrogen) atoms. The summed E-state index contributed by atoms with van der Waals surface area (Å²) in [5, 5.41) is 11.8. The third kappa shape index (κ3) is 8.15. The first kappa shape index (κ1) is 22.0. The van der Waals surface area contributed by atoms with Crippen LogP contribution < -0.4 is 0 Å². The van der Waals surface area contributed by atoms with Crippen molar-refractivity contribution in [3.05, 3.63) is 65.1 Å². The topological polar surface area (TPSA) is 63.3 Å². The molecule has 0 bridgehead atoms. The molecule has 0 atom stereocenters. The molecule has 3 rings (SSSR count). The summed E-state index contributed by atoms with van der Waals surface area (Å²) in [6, 6.07) is 6.38. The first-order valence-corrected chi connectivity index (χ1v) is 10.5. The lowest BCUT2D eigenvalue weighted by atomic mass is 9.98. The van der Waals surface area contributed by atoms with Gasteiger partial charge in [-0.2, -0.15) is 0 Å². The van der Waals surface area contributed by atoms with E-state index in [-0.39, 0.29) is 0 Å². The van der Waals surface area contributed by atoms with Crippen LogP contribution >= 0.6 is 11.3 Å². The SMILES string of the molecule is CCC(Cn1ccnc1)=Nc1cc(CCC(C)(C)O)ccc1C.c1cscn1. The summed E-state index contributed by atoms with van der Waals surface area (Å²) in [7, 11) is 0. The number of hydrogen-bond acceptors (Lipinski definition) is 5. The minimum atomic E-state index is -0.635. The minimum Gasteiger partial charge on any atom is -0.390 e. The summed E-state index contributed by atoms with van der Waals surface area (Å²) in [6.45, 7) is 8.68. The molecule has 0 aliphatic rings. The maximum absolute atomic E-state index is 9.89. The molecule has 1 aromatic carbocycles. The van der Waals surface area contributed by atoms with E-state index >= 15 is 0 Å². The van der Waals surface area contributed by atoms with E-state index in [0.717, 1.165) is 37.2 Å². The molecule has 0 saturated heterocycles. The Kier molecular flexibility index (Phi) is 8.54. The van der Waals surface area contributed by atoms with E-state index < -0.39 is 5.60 Å². The molecule has 1 N–H and O–H groups in total. The Bertz CT molecular complexity index is 817. The van der Waals surface area contributed by atoms with Crippen LogP contribution in [-0.2, 0) is 13.0 Å². The Morgan fingerprint density at radius 2 is 2.07 bits per heavy atom. The largest absolute Gasteiger partial charge is 0.390 e. The number of imidazole rings is 1. The molecule has 2 heterocycles. The minimum absolute atomic E-state index is 0.635. The smallest absolute Gasteiger partial charge is 0.0949 e. The Hall–Kier alpha value is -2.31. The van der Waals surface area contributed by atoms with Crippen molar-refractivity contribution in [3.63, 3.8) is 0 Å². The fourth-order valence-electron chi connectivity index (χ4n) is 2.54. The highest BCUT2D eigenvalue weighted by Gasteiger charge is 2.12. The lowest BCUT2D eigenvalue weighted by Gasteiger charge is -2.17. The second-order valence-corrected chi connectivity index (χ2v) is 8.13. The van der Waals surface area contributed by atoms with Crippen molar-refractivity contribution < 1.29 is 5.11 Å². The third-order valence-electron chi connectivity index (χ3n) is 4.26. The van der Waals surface area contributed by atoms with Crippen LogP contribution in [0.5, 0.6) is 0 Å². The van der Waals surface area contributed by atoms with Gasteiger partial charge in [-0.3, -0.25) is 9.98 Å². The average molecular weight is 399 g/mol. The highest BCUT2D eigenvalue weighted by Crippen LogP contribution is 2.23. The van der Waals surface area contributed by atoms with Gasteiger partial charge >= 0.3 is 0 Å². The van der Waals surface area contributed by atoms with Crippen molar-refractivity contribution in [3.8, 4) is 0 Å². The molecular weight excluding hydrogens is 368 g/mol. The maximum Gasteiger partial charge on any atom is 0.0949 e. The molecule has 0 amide bonds. The van der Waals surface area contributed by atoms with Crippen molar-refractivity contribution in [2.45, 2.75) is 59.1 Å². The van der Waals surface area contributed by atoms with Crippen molar-refractivity contribution in [2.24, 2.45) is 4.99 Å². The highest BCUT2D eigenvalue weighted by molar-refractivity contribution is 7.07. The van der Waals surface area contributed by atoms with Gasteiger partial charge < -0.3 is 9.67 Å². The molecule has 5 nitrogen and oxygen atoms in total. The first-order valence-electron chi connectivity index (χ1n) is 9.53. The zero-order valence-electron chi connectivity index (χ0n) is 17.2. The molecule has 0 aliphatic carbocycles. The van der Waals surface area contributed by atoms with E-state index in [9.17, 15) is 5.11 Å². The number of aliphatic imine (C=N–C) groups is 1. The molecule has 2 aromatic heterocycles. The standard InChI is InChI=1S/C19H27N3O.C3H3NS/c1-5-17(13-22-11-10-20-14-22)21-18-12-16(7-6-15(18)2)8-9-19(3,4)23;1-2-5-3-4-1/h6-7,10-12,14,23H,5,8-9,13H2,1-4H3;1-3H. The van der Waals surface area contributed by atoms with Gasteiger partial charge in [-0.25, -0.2) is 4.98 Å². The molecule has 0 spiro atoms. The van der Waals surface area contributed by atoms with Crippen LogP contribution in [0.4, 0.5) is 5.69 Å². The number of hydrogen-bond donors (Lipinski definition) is 1. The van der Waals surface area contributed by atoms with Crippen LogP contribution in [0.3, 0.4) is 0 Å². The van der Waals surface area contributed by atoms with Crippen LogP contribution in [0, 0.1) is 6.92 Å². The normalized spacial score (nSPS) is 11.8. The van der Waals surface area contributed by atoms with E-state index in [1.807, 2.05) is 36.3 Å². The summed E-state index contributed by atoms with van der Waals surface area (Å²) >= 11 is 1.60. The number of aryl methyl sites for hydroxylation is 2. The van der Waals surface area contributed by atoms with Crippen molar-refractivity contribution in [2.75, 3.05) is 0 Å². The number of nitrogens with zero attached hydrogens (tertiary/aromatic N) is 4. The first-order chi connectivity index (χ1) is 13.4. The lowest BCUT2D eigenvalue weighted by molar-refractivity contribution is 0.0714. The molecule has 0 unspecified atom stereocenters. The fourth-order valence-corrected chi connectivity index (χ4v) is 2.90. The fraction of sp³-hybridized carbons (Fsp3) is 0.409.